The molecule has 7 nitrogen and oxygen atoms in total. The number of sulfonamides is 2. The molecule has 1 aromatic carbocycles. The molecule has 2 aromatic rings. The van der Waals surface area contributed by atoms with Crippen LogP contribution in [0.4, 0.5) is 0 Å². The summed E-state index contributed by atoms with van der Waals surface area (Å²) in [6, 6.07) is 8.91. The van der Waals surface area contributed by atoms with Gasteiger partial charge in [0.25, 0.3) is 0 Å². The number of aromatic nitrogens is 1. The summed E-state index contributed by atoms with van der Waals surface area (Å²) in [5.41, 5.74) is 0.979. The number of hydrogen-bond acceptors (Lipinski definition) is 5. The van der Waals surface area contributed by atoms with Gasteiger partial charge in [-0.1, -0.05) is 19.8 Å². The van der Waals surface area contributed by atoms with Crippen LogP contribution in [0.3, 0.4) is 0 Å². The normalized spacial score (nSPS) is 20.4. The van der Waals surface area contributed by atoms with Crippen LogP contribution in [0.5, 0.6) is 0 Å². The summed E-state index contributed by atoms with van der Waals surface area (Å²) in [6.45, 7) is 2.30. The number of nitrogens with one attached hydrogen (secondary N) is 2. The molecule has 0 spiro atoms. The van der Waals surface area contributed by atoms with E-state index in [2.05, 4.69) is 21.4 Å². The molecule has 3 rings (SSSR count). The lowest BCUT2D eigenvalue weighted by Crippen LogP contribution is -2.40. The van der Waals surface area contributed by atoms with Crippen molar-refractivity contribution in [3.05, 3.63) is 54.4 Å². The smallest absolute Gasteiger partial charge is 0.240 e. The van der Waals surface area contributed by atoms with Crippen molar-refractivity contribution in [2.45, 2.75) is 54.9 Å². The van der Waals surface area contributed by atoms with Gasteiger partial charge in [-0.25, -0.2) is 26.3 Å². The van der Waals surface area contributed by atoms with Crippen molar-refractivity contribution in [3.8, 4) is 0 Å². The lowest BCUT2D eigenvalue weighted by Gasteiger charge is -2.29. The van der Waals surface area contributed by atoms with Crippen LogP contribution in [0.1, 0.15) is 38.2 Å². The summed E-state index contributed by atoms with van der Waals surface area (Å²) >= 11 is 0. The lowest BCUT2D eigenvalue weighted by atomic mass is 9.87. The predicted molar refractivity (Wildman–Crippen MR) is 111 cm³/mol. The van der Waals surface area contributed by atoms with Gasteiger partial charge in [-0.15, -0.1) is 0 Å². The maximum absolute atomic E-state index is 12.7. The minimum absolute atomic E-state index is 0.0391. The zero-order valence-corrected chi connectivity index (χ0v) is 18.0. The SMILES string of the molecule is C[C@@H]1CCCC[C@@H]1NS(=O)(=O)c1ccc(S(=O)(=O)NCCc2ccncc2)cc1. The van der Waals surface area contributed by atoms with E-state index in [1.165, 1.54) is 24.3 Å². The van der Waals surface area contributed by atoms with Gasteiger partial charge in [0.05, 0.1) is 9.79 Å². The molecule has 0 aliphatic heterocycles. The van der Waals surface area contributed by atoms with Crippen LogP contribution in [0.15, 0.2) is 58.6 Å². The van der Waals surface area contributed by atoms with Gasteiger partial charge in [0.1, 0.15) is 0 Å². The Kier molecular flexibility index (Phi) is 7.05. The van der Waals surface area contributed by atoms with E-state index in [9.17, 15) is 16.8 Å². The molecule has 1 heterocycles. The van der Waals surface area contributed by atoms with Gasteiger partial charge in [0.15, 0.2) is 0 Å². The first-order chi connectivity index (χ1) is 13.8. The molecule has 0 radical (unpaired) electrons. The Labute approximate surface area is 173 Å². The van der Waals surface area contributed by atoms with Crippen LogP contribution >= 0.6 is 0 Å². The standard InChI is InChI=1S/C20H27N3O4S2/c1-16-4-2-3-5-20(16)23-29(26,27)19-8-6-18(7-9-19)28(24,25)22-15-12-17-10-13-21-14-11-17/h6-11,13-14,16,20,22-23H,2-5,12,15H2,1H3/t16-,20+/m1/s1. The molecule has 1 aromatic heterocycles. The molecule has 9 heteroatoms. The van der Waals surface area contributed by atoms with Crippen molar-refractivity contribution >= 4 is 20.0 Å². The largest absolute Gasteiger partial charge is 0.265 e. The first-order valence-electron chi connectivity index (χ1n) is 9.79. The molecule has 0 amide bonds. The van der Waals surface area contributed by atoms with E-state index < -0.39 is 20.0 Å². The topological polar surface area (TPSA) is 105 Å². The Balaban J connectivity index is 1.63. The van der Waals surface area contributed by atoms with E-state index >= 15 is 0 Å². The summed E-state index contributed by atoms with van der Waals surface area (Å²) < 4.78 is 55.5. The molecule has 0 saturated heterocycles. The molecule has 1 aliphatic carbocycles. The second-order valence-corrected chi connectivity index (χ2v) is 10.9. The second kappa shape index (κ2) is 9.34. The van der Waals surface area contributed by atoms with Gasteiger partial charge in [0.2, 0.25) is 20.0 Å². The highest BCUT2D eigenvalue weighted by atomic mass is 32.2. The van der Waals surface area contributed by atoms with E-state index in [0.717, 1.165) is 31.2 Å². The number of rotatable bonds is 8. The van der Waals surface area contributed by atoms with Gasteiger partial charge < -0.3 is 0 Å². The van der Waals surface area contributed by atoms with E-state index in [1.807, 2.05) is 12.1 Å². The fraction of sp³-hybridized carbons (Fsp3) is 0.450. The summed E-state index contributed by atoms with van der Waals surface area (Å²) in [4.78, 5) is 4.04. The van der Waals surface area contributed by atoms with Crippen molar-refractivity contribution in [1.29, 1.82) is 0 Å². The first kappa shape index (κ1) is 21.9. The molecule has 0 bridgehead atoms. The van der Waals surface area contributed by atoms with Gasteiger partial charge >= 0.3 is 0 Å². The molecule has 29 heavy (non-hydrogen) atoms. The highest BCUT2D eigenvalue weighted by molar-refractivity contribution is 7.90. The first-order valence-corrected chi connectivity index (χ1v) is 12.8. The highest BCUT2D eigenvalue weighted by Gasteiger charge is 2.27. The van der Waals surface area contributed by atoms with Crippen molar-refractivity contribution in [1.82, 2.24) is 14.4 Å². The summed E-state index contributed by atoms with van der Waals surface area (Å²) in [6.07, 6.45) is 7.83. The molecular formula is C20H27N3O4S2. The van der Waals surface area contributed by atoms with Gasteiger partial charge in [-0.05, 0) is 67.1 Å². The number of nitrogens with zero attached hydrogens (tertiary/aromatic N) is 1. The zero-order valence-electron chi connectivity index (χ0n) is 16.4. The van der Waals surface area contributed by atoms with Crippen molar-refractivity contribution in [3.63, 3.8) is 0 Å². The van der Waals surface area contributed by atoms with E-state index in [4.69, 9.17) is 0 Å². The van der Waals surface area contributed by atoms with E-state index in [0.29, 0.717) is 12.3 Å². The summed E-state index contributed by atoms with van der Waals surface area (Å²) in [5, 5.41) is 0. The number of pyridine rings is 1. The fourth-order valence-electron chi connectivity index (χ4n) is 3.52. The summed E-state index contributed by atoms with van der Waals surface area (Å²) in [7, 11) is -7.39. The van der Waals surface area contributed by atoms with Crippen LogP contribution in [0, 0.1) is 5.92 Å². The number of hydrogen-bond donors (Lipinski definition) is 2. The Morgan fingerprint density at radius 2 is 1.48 bits per heavy atom. The molecule has 1 fully saturated rings. The van der Waals surface area contributed by atoms with E-state index in [-0.39, 0.29) is 22.4 Å². The van der Waals surface area contributed by atoms with Crippen LogP contribution < -0.4 is 9.44 Å². The predicted octanol–water partition coefficient (Wildman–Crippen LogP) is 2.46. The fourth-order valence-corrected chi connectivity index (χ4v) is 5.93. The Morgan fingerprint density at radius 1 is 0.897 bits per heavy atom. The molecule has 1 saturated carbocycles. The van der Waals surface area contributed by atoms with Crippen LogP contribution in [-0.4, -0.2) is 34.4 Å². The van der Waals surface area contributed by atoms with Gasteiger partial charge in [-0.2, -0.15) is 0 Å². The van der Waals surface area contributed by atoms with Crippen LogP contribution in [0.25, 0.3) is 0 Å². The third kappa shape index (κ3) is 5.85. The molecule has 0 unspecified atom stereocenters. The molecule has 1 aliphatic rings. The average Bonchev–Trinajstić information content (AvgIpc) is 2.70. The quantitative estimate of drug-likeness (QED) is 0.660. The molecule has 2 atom stereocenters. The van der Waals surface area contributed by atoms with E-state index in [1.54, 1.807) is 12.4 Å². The minimum Gasteiger partial charge on any atom is -0.265 e. The zero-order chi connectivity index (χ0) is 20.9. The van der Waals surface area contributed by atoms with Crippen molar-refractivity contribution < 1.29 is 16.8 Å². The Morgan fingerprint density at radius 3 is 2.10 bits per heavy atom. The Hall–Kier alpha value is -1.81. The van der Waals surface area contributed by atoms with Crippen molar-refractivity contribution in [2.24, 2.45) is 5.92 Å². The van der Waals surface area contributed by atoms with Gasteiger partial charge in [0, 0.05) is 25.0 Å². The molecule has 2 N–H and O–H groups in total. The van der Waals surface area contributed by atoms with Crippen LogP contribution in [0.2, 0.25) is 0 Å². The lowest BCUT2D eigenvalue weighted by molar-refractivity contribution is 0.310. The third-order valence-electron chi connectivity index (χ3n) is 5.32. The maximum Gasteiger partial charge on any atom is 0.240 e. The second-order valence-electron chi connectivity index (χ2n) is 7.46. The summed E-state index contributed by atoms with van der Waals surface area (Å²) in [5.74, 6) is 0.294. The van der Waals surface area contributed by atoms with Gasteiger partial charge in [-0.3, -0.25) is 4.98 Å². The number of benzene rings is 1. The third-order valence-corrected chi connectivity index (χ3v) is 8.30. The maximum atomic E-state index is 12.7. The van der Waals surface area contributed by atoms with Crippen molar-refractivity contribution in [2.75, 3.05) is 6.54 Å². The monoisotopic (exact) mass is 437 g/mol. The Bertz CT molecular complexity index is 1010. The molecular weight excluding hydrogens is 410 g/mol. The minimum atomic E-state index is -3.71. The van der Waals surface area contributed by atoms with Crippen LogP contribution in [-0.2, 0) is 26.5 Å². The molecule has 158 valence electrons. The highest BCUT2D eigenvalue weighted by Crippen LogP contribution is 2.25. The average molecular weight is 438 g/mol.